The third kappa shape index (κ3) is 2.09. The van der Waals surface area contributed by atoms with E-state index in [9.17, 15) is 18.0 Å². The lowest BCUT2D eigenvalue weighted by Gasteiger charge is -2.56. The monoisotopic (exact) mass is 222 g/mol. The molecule has 2 unspecified atom stereocenters. The second kappa shape index (κ2) is 3.37. The Morgan fingerprint density at radius 2 is 1.87 bits per heavy atom. The SMILES string of the molecule is CC(=O)N1C2CC1CN(CC(F)(F)F)C2. The van der Waals surface area contributed by atoms with Crippen molar-refractivity contribution in [3.05, 3.63) is 0 Å². The zero-order chi connectivity index (χ0) is 11.2. The number of piperazine rings is 1. The molecule has 0 aliphatic carbocycles. The number of nitrogens with zero attached hydrogens (tertiary/aromatic N) is 2. The van der Waals surface area contributed by atoms with E-state index in [1.165, 1.54) is 11.8 Å². The third-order valence-electron chi connectivity index (χ3n) is 3.04. The fourth-order valence-electron chi connectivity index (χ4n) is 2.59. The first-order chi connectivity index (χ1) is 6.87. The number of carbonyl (C=O) groups excluding carboxylic acids is 1. The van der Waals surface area contributed by atoms with E-state index in [0.29, 0.717) is 13.1 Å². The number of fused-ring (bicyclic) bond motifs is 2. The van der Waals surface area contributed by atoms with Gasteiger partial charge >= 0.3 is 6.18 Å². The Balaban J connectivity index is 1.90. The lowest BCUT2D eigenvalue weighted by molar-refractivity contribution is -0.173. The van der Waals surface area contributed by atoms with Gasteiger partial charge in [-0.25, -0.2) is 0 Å². The van der Waals surface area contributed by atoms with Crippen LogP contribution in [0.4, 0.5) is 13.2 Å². The number of hydrogen-bond donors (Lipinski definition) is 0. The number of piperidine rings is 1. The number of amides is 1. The summed E-state index contributed by atoms with van der Waals surface area (Å²) in [5.74, 6) is -0.0251. The molecular weight excluding hydrogens is 209 g/mol. The molecule has 0 aromatic heterocycles. The summed E-state index contributed by atoms with van der Waals surface area (Å²) in [5, 5.41) is 0. The van der Waals surface area contributed by atoms with Crippen LogP contribution < -0.4 is 0 Å². The number of hydrogen-bond acceptors (Lipinski definition) is 2. The molecule has 2 atom stereocenters. The van der Waals surface area contributed by atoms with E-state index in [2.05, 4.69) is 0 Å². The molecule has 86 valence electrons. The molecule has 3 aliphatic heterocycles. The van der Waals surface area contributed by atoms with Crippen LogP contribution in [-0.4, -0.2) is 53.6 Å². The molecule has 3 aliphatic rings. The molecule has 0 saturated carbocycles. The number of carbonyl (C=O) groups is 1. The normalized spacial score (nSPS) is 31.3. The van der Waals surface area contributed by atoms with Crippen LogP contribution in [0.3, 0.4) is 0 Å². The van der Waals surface area contributed by atoms with Gasteiger partial charge in [0.1, 0.15) is 0 Å². The van der Waals surface area contributed by atoms with Crippen LogP contribution in [0.5, 0.6) is 0 Å². The minimum atomic E-state index is -4.13. The summed E-state index contributed by atoms with van der Waals surface area (Å²) in [6, 6.07) is 0.00667. The third-order valence-corrected chi connectivity index (χ3v) is 3.04. The maximum absolute atomic E-state index is 12.1. The standard InChI is InChI=1S/C9H13F3N2O/c1-6(15)14-7-2-8(14)4-13(3-7)5-9(10,11)12/h7-8H,2-5H2,1H3. The van der Waals surface area contributed by atoms with Crippen molar-refractivity contribution >= 4 is 5.91 Å². The second-order valence-electron chi connectivity index (χ2n) is 4.28. The lowest BCUT2D eigenvalue weighted by Crippen LogP contribution is -2.70. The molecule has 0 aromatic rings. The topological polar surface area (TPSA) is 23.6 Å². The average Bonchev–Trinajstić information content (AvgIpc) is 1.98. The highest BCUT2D eigenvalue weighted by atomic mass is 19.4. The fourth-order valence-corrected chi connectivity index (χ4v) is 2.59. The summed E-state index contributed by atoms with van der Waals surface area (Å²) in [5.41, 5.74) is 0. The second-order valence-corrected chi connectivity index (χ2v) is 4.28. The molecule has 3 rings (SSSR count). The Labute approximate surface area is 85.8 Å². The molecule has 3 heterocycles. The maximum Gasteiger partial charge on any atom is 0.401 e. The van der Waals surface area contributed by atoms with Gasteiger partial charge in [0, 0.05) is 32.1 Å². The van der Waals surface area contributed by atoms with Crippen LogP contribution in [0.1, 0.15) is 13.3 Å². The van der Waals surface area contributed by atoms with Gasteiger partial charge in [0.2, 0.25) is 5.91 Å². The average molecular weight is 222 g/mol. The van der Waals surface area contributed by atoms with E-state index >= 15 is 0 Å². The molecule has 0 N–H and O–H groups in total. The molecule has 15 heavy (non-hydrogen) atoms. The zero-order valence-electron chi connectivity index (χ0n) is 8.42. The molecule has 2 bridgehead atoms. The molecule has 6 heteroatoms. The molecular formula is C9H13F3N2O. The van der Waals surface area contributed by atoms with Crippen molar-refractivity contribution in [3.8, 4) is 0 Å². The van der Waals surface area contributed by atoms with Gasteiger partial charge in [-0.1, -0.05) is 0 Å². The summed E-state index contributed by atoms with van der Waals surface area (Å²) < 4.78 is 36.3. The van der Waals surface area contributed by atoms with Gasteiger partial charge in [0.25, 0.3) is 0 Å². The van der Waals surface area contributed by atoms with E-state index in [-0.39, 0.29) is 18.0 Å². The molecule has 0 aromatic carbocycles. The predicted octanol–water partition coefficient (Wildman–Crippen LogP) is 0.854. The molecule has 0 radical (unpaired) electrons. The van der Waals surface area contributed by atoms with Gasteiger partial charge in [-0.2, -0.15) is 13.2 Å². The quantitative estimate of drug-likeness (QED) is 0.656. The van der Waals surface area contributed by atoms with Crippen LogP contribution >= 0.6 is 0 Å². The van der Waals surface area contributed by atoms with Crippen LogP contribution in [0, 0.1) is 0 Å². The Bertz CT molecular complexity index is 267. The number of rotatable bonds is 1. The van der Waals surface area contributed by atoms with Crippen molar-refractivity contribution in [1.29, 1.82) is 0 Å². The van der Waals surface area contributed by atoms with E-state index in [4.69, 9.17) is 0 Å². The van der Waals surface area contributed by atoms with Crippen LogP contribution in [0.25, 0.3) is 0 Å². The van der Waals surface area contributed by atoms with E-state index < -0.39 is 12.7 Å². The minimum absolute atomic E-state index is 0.00333. The fraction of sp³-hybridized carbons (Fsp3) is 0.889. The molecule has 3 fully saturated rings. The maximum atomic E-state index is 12.1. The highest BCUT2D eigenvalue weighted by molar-refractivity contribution is 5.75. The summed E-state index contributed by atoms with van der Waals surface area (Å²) in [6.07, 6.45) is -3.28. The summed E-state index contributed by atoms with van der Waals surface area (Å²) in [7, 11) is 0. The van der Waals surface area contributed by atoms with Gasteiger partial charge in [-0.05, 0) is 6.42 Å². The predicted molar refractivity (Wildman–Crippen MR) is 47.2 cm³/mol. The molecule has 1 amide bonds. The van der Waals surface area contributed by atoms with Crippen molar-refractivity contribution in [2.45, 2.75) is 31.6 Å². The summed E-state index contributed by atoms with van der Waals surface area (Å²) >= 11 is 0. The van der Waals surface area contributed by atoms with Crippen LogP contribution in [0.15, 0.2) is 0 Å². The van der Waals surface area contributed by atoms with E-state index in [0.717, 1.165) is 6.42 Å². The van der Waals surface area contributed by atoms with Crippen molar-refractivity contribution in [3.63, 3.8) is 0 Å². The van der Waals surface area contributed by atoms with Crippen LogP contribution in [-0.2, 0) is 4.79 Å². The van der Waals surface area contributed by atoms with E-state index in [1.54, 1.807) is 4.90 Å². The Hall–Kier alpha value is -0.780. The molecule has 0 spiro atoms. The van der Waals surface area contributed by atoms with Crippen molar-refractivity contribution in [2.24, 2.45) is 0 Å². The zero-order valence-corrected chi connectivity index (χ0v) is 8.42. The highest BCUT2D eigenvalue weighted by Gasteiger charge is 2.47. The lowest BCUT2D eigenvalue weighted by atomic mass is 9.87. The first-order valence-corrected chi connectivity index (χ1v) is 4.95. The Morgan fingerprint density at radius 1 is 1.33 bits per heavy atom. The first kappa shape index (κ1) is 10.7. The van der Waals surface area contributed by atoms with Gasteiger partial charge in [-0.3, -0.25) is 9.69 Å². The van der Waals surface area contributed by atoms with E-state index in [1.807, 2.05) is 0 Å². The summed E-state index contributed by atoms with van der Waals surface area (Å²) in [6.45, 7) is 1.33. The van der Waals surface area contributed by atoms with Gasteiger partial charge < -0.3 is 4.90 Å². The molecule has 3 saturated heterocycles. The largest absolute Gasteiger partial charge is 0.401 e. The van der Waals surface area contributed by atoms with Crippen molar-refractivity contribution in [2.75, 3.05) is 19.6 Å². The first-order valence-electron chi connectivity index (χ1n) is 4.95. The van der Waals surface area contributed by atoms with Crippen molar-refractivity contribution < 1.29 is 18.0 Å². The van der Waals surface area contributed by atoms with Crippen molar-refractivity contribution in [1.82, 2.24) is 9.80 Å². The van der Waals surface area contributed by atoms with Crippen LogP contribution in [0.2, 0.25) is 0 Å². The number of halogens is 3. The minimum Gasteiger partial charge on any atom is -0.334 e. The van der Waals surface area contributed by atoms with Gasteiger partial charge in [0.15, 0.2) is 0 Å². The highest BCUT2D eigenvalue weighted by Crippen LogP contribution is 2.33. The van der Waals surface area contributed by atoms with Gasteiger partial charge in [-0.15, -0.1) is 0 Å². The Morgan fingerprint density at radius 3 is 2.27 bits per heavy atom. The number of alkyl halides is 3. The summed E-state index contributed by atoms with van der Waals surface area (Å²) in [4.78, 5) is 14.2. The van der Waals surface area contributed by atoms with Gasteiger partial charge in [0.05, 0.1) is 6.54 Å². The molecule has 3 nitrogen and oxygen atoms in total. The Kier molecular flexibility index (Phi) is 2.41. The smallest absolute Gasteiger partial charge is 0.334 e.